The average Bonchev–Trinajstić information content (AvgIpc) is 2.05. The molecule has 0 amide bonds. The minimum Gasteiger partial charge on any atom is -0.0943 e. The summed E-state index contributed by atoms with van der Waals surface area (Å²) in [6, 6.07) is 8.85. The van der Waals surface area contributed by atoms with Gasteiger partial charge >= 0.3 is 0 Å². The van der Waals surface area contributed by atoms with Crippen molar-refractivity contribution in [3.8, 4) is 0 Å². The molecule has 0 saturated carbocycles. The maximum atomic E-state index is 2.28. The minimum atomic E-state index is 1.10. The van der Waals surface area contributed by atoms with Gasteiger partial charge in [-0.15, -0.1) is 0 Å². The van der Waals surface area contributed by atoms with Crippen LogP contribution in [0.25, 0.3) is 0 Å². The fourth-order valence-corrected chi connectivity index (χ4v) is 4.53. The highest BCUT2D eigenvalue weighted by Gasteiger charge is 2.05. The quantitative estimate of drug-likeness (QED) is 0.520. The second-order valence-electron chi connectivity index (χ2n) is 2.46. The van der Waals surface area contributed by atoms with Crippen molar-refractivity contribution in [3.05, 3.63) is 29.8 Å². The molecule has 0 bridgehead atoms. The maximum Gasteiger partial charge on any atom is -0.0198 e. The third kappa shape index (κ3) is 1.24. The number of hydrogen-bond acceptors (Lipinski definition) is 0. The van der Waals surface area contributed by atoms with Gasteiger partial charge in [0, 0.05) is 0 Å². The first-order valence-electron chi connectivity index (χ1n) is 3.53. The molecule has 2 unspecified atom stereocenters. The van der Waals surface area contributed by atoms with E-state index in [-0.39, 0.29) is 0 Å². The highest BCUT2D eigenvalue weighted by molar-refractivity contribution is 8.15. The van der Waals surface area contributed by atoms with E-state index < -0.39 is 0 Å². The molecule has 0 aliphatic carbocycles. The van der Waals surface area contributed by atoms with E-state index in [0.717, 1.165) is 8.27 Å². The topological polar surface area (TPSA) is 0 Å². The van der Waals surface area contributed by atoms with E-state index in [0.29, 0.717) is 0 Å². The normalized spacial score (nSPS) is 21.2. The summed E-state index contributed by atoms with van der Waals surface area (Å²) in [5, 5.41) is 1.62. The molecule has 1 aromatic rings. The van der Waals surface area contributed by atoms with E-state index >= 15 is 0 Å². The lowest BCUT2D eigenvalue weighted by molar-refractivity contribution is 1.17. The molecule has 0 fully saturated rings. The van der Waals surface area contributed by atoms with Gasteiger partial charge in [0.15, 0.2) is 0 Å². The van der Waals surface area contributed by atoms with Crippen molar-refractivity contribution < 1.29 is 0 Å². The van der Waals surface area contributed by atoms with Gasteiger partial charge < -0.3 is 0 Å². The number of hydrogen-bond donors (Lipinski definition) is 0. The monoisotopic (exact) mass is 168 g/mol. The maximum absolute atomic E-state index is 2.28. The highest BCUT2D eigenvalue weighted by Crippen LogP contribution is 2.40. The molecule has 0 N–H and O–H groups in total. The van der Waals surface area contributed by atoms with Gasteiger partial charge in [0.25, 0.3) is 0 Å². The zero-order chi connectivity index (χ0) is 6.81. The summed E-state index contributed by atoms with van der Waals surface area (Å²) in [4.78, 5) is 0. The summed E-state index contributed by atoms with van der Waals surface area (Å²) >= 11 is 0. The first kappa shape index (κ1) is 6.77. The molecule has 1 heterocycles. The van der Waals surface area contributed by atoms with Gasteiger partial charge in [0.05, 0.1) is 0 Å². The van der Waals surface area contributed by atoms with Crippen molar-refractivity contribution in [1.29, 1.82) is 0 Å². The summed E-state index contributed by atoms with van der Waals surface area (Å²) in [7, 11) is 2.30. The van der Waals surface area contributed by atoms with Crippen LogP contribution in [0.5, 0.6) is 0 Å². The Morgan fingerprint density at radius 2 is 2.10 bits per heavy atom. The van der Waals surface area contributed by atoms with E-state index in [1.165, 1.54) is 20.9 Å². The zero-order valence-corrected chi connectivity index (χ0v) is 7.72. The molecule has 2 heteroatoms. The standard InChI is InChI=1S/C8H10P2/c1-2-4-8-7(3-1)5-6-9-10-8/h1-4,9-10H,5-6H2. The summed E-state index contributed by atoms with van der Waals surface area (Å²) < 4.78 is 0. The van der Waals surface area contributed by atoms with E-state index in [4.69, 9.17) is 0 Å². The molecular formula is C8H10P2. The van der Waals surface area contributed by atoms with Crippen molar-refractivity contribution in [2.45, 2.75) is 6.42 Å². The first-order chi connectivity index (χ1) is 4.97. The summed E-state index contributed by atoms with van der Waals surface area (Å²) in [5.74, 6) is 0. The Labute approximate surface area is 64.9 Å². The largest absolute Gasteiger partial charge is 0.0943 e. The highest BCUT2D eigenvalue weighted by atomic mass is 32.0. The number of benzene rings is 1. The van der Waals surface area contributed by atoms with Gasteiger partial charge in [0.2, 0.25) is 0 Å². The molecule has 0 radical (unpaired) electrons. The average molecular weight is 168 g/mol. The predicted octanol–water partition coefficient (Wildman–Crippen LogP) is 2.14. The molecular weight excluding hydrogens is 158 g/mol. The Kier molecular flexibility index (Phi) is 2.02. The van der Waals surface area contributed by atoms with Crippen molar-refractivity contribution in [2.75, 3.05) is 6.16 Å². The van der Waals surface area contributed by atoms with Crippen LogP contribution >= 0.6 is 16.5 Å². The SMILES string of the molecule is c1ccc2c(c1)CCPP2. The van der Waals surface area contributed by atoms with Crippen LogP contribution in [0.3, 0.4) is 0 Å². The van der Waals surface area contributed by atoms with Gasteiger partial charge in [-0.25, -0.2) is 0 Å². The third-order valence-corrected chi connectivity index (χ3v) is 5.28. The van der Waals surface area contributed by atoms with Crippen LogP contribution in [-0.4, -0.2) is 6.16 Å². The molecule has 2 rings (SSSR count). The molecule has 0 saturated heterocycles. The molecule has 52 valence electrons. The Morgan fingerprint density at radius 1 is 1.20 bits per heavy atom. The van der Waals surface area contributed by atoms with E-state index in [9.17, 15) is 0 Å². The molecule has 0 spiro atoms. The van der Waals surface area contributed by atoms with Gasteiger partial charge in [-0.1, -0.05) is 40.8 Å². The molecule has 1 aliphatic rings. The van der Waals surface area contributed by atoms with Gasteiger partial charge in [0.1, 0.15) is 0 Å². The molecule has 10 heavy (non-hydrogen) atoms. The summed E-state index contributed by atoms with van der Waals surface area (Å²) in [5.41, 5.74) is 1.60. The van der Waals surface area contributed by atoms with Crippen LogP contribution < -0.4 is 5.30 Å². The Hall–Kier alpha value is 0.0800. The summed E-state index contributed by atoms with van der Waals surface area (Å²) in [6.45, 7) is 0. The smallest absolute Gasteiger partial charge is 0.0198 e. The van der Waals surface area contributed by atoms with Crippen molar-refractivity contribution in [3.63, 3.8) is 0 Å². The second kappa shape index (κ2) is 2.99. The van der Waals surface area contributed by atoms with E-state index in [1.54, 1.807) is 10.9 Å². The fourth-order valence-electron chi connectivity index (χ4n) is 1.22. The molecule has 1 aliphatic heterocycles. The summed E-state index contributed by atoms with van der Waals surface area (Å²) in [6.07, 6.45) is 2.75. The third-order valence-electron chi connectivity index (χ3n) is 1.76. The lowest BCUT2D eigenvalue weighted by atomic mass is 10.2. The van der Waals surface area contributed by atoms with Gasteiger partial charge in [-0.2, -0.15) is 0 Å². The van der Waals surface area contributed by atoms with Crippen molar-refractivity contribution in [1.82, 2.24) is 0 Å². The minimum absolute atomic E-state index is 1.10. The molecule has 2 atom stereocenters. The Bertz CT molecular complexity index is 207. The van der Waals surface area contributed by atoms with E-state index in [1.807, 2.05) is 0 Å². The van der Waals surface area contributed by atoms with Crippen LogP contribution in [0.15, 0.2) is 24.3 Å². The van der Waals surface area contributed by atoms with Gasteiger partial charge in [-0.05, 0) is 23.5 Å². The number of aryl methyl sites for hydroxylation is 1. The first-order valence-corrected chi connectivity index (χ1v) is 6.74. The number of rotatable bonds is 0. The second-order valence-corrected chi connectivity index (χ2v) is 5.91. The fraction of sp³-hybridized carbons (Fsp3) is 0.250. The Morgan fingerprint density at radius 3 is 3.00 bits per heavy atom. The van der Waals surface area contributed by atoms with Gasteiger partial charge in [-0.3, -0.25) is 0 Å². The Balaban J connectivity index is 2.41. The van der Waals surface area contributed by atoms with E-state index in [2.05, 4.69) is 24.3 Å². The predicted molar refractivity (Wildman–Crippen MR) is 51.3 cm³/mol. The van der Waals surface area contributed by atoms with Crippen LogP contribution in [0.2, 0.25) is 0 Å². The van der Waals surface area contributed by atoms with Crippen molar-refractivity contribution >= 4 is 21.8 Å². The molecule has 0 aromatic heterocycles. The van der Waals surface area contributed by atoms with Crippen LogP contribution in [-0.2, 0) is 6.42 Å². The lowest BCUT2D eigenvalue weighted by Crippen LogP contribution is -2.06. The van der Waals surface area contributed by atoms with Crippen LogP contribution in [0, 0.1) is 0 Å². The van der Waals surface area contributed by atoms with Crippen LogP contribution in [0.1, 0.15) is 5.56 Å². The zero-order valence-electron chi connectivity index (χ0n) is 5.72. The molecule has 1 aromatic carbocycles. The molecule has 0 nitrogen and oxygen atoms in total. The number of fused-ring (bicyclic) bond motifs is 1. The van der Waals surface area contributed by atoms with Crippen LogP contribution in [0.4, 0.5) is 0 Å². The van der Waals surface area contributed by atoms with Crippen molar-refractivity contribution in [2.24, 2.45) is 0 Å². The lowest BCUT2D eigenvalue weighted by Gasteiger charge is -2.14.